The predicted molar refractivity (Wildman–Crippen MR) is 98.1 cm³/mol. The third-order valence-electron chi connectivity index (χ3n) is 3.02. The van der Waals surface area contributed by atoms with Crippen LogP contribution < -0.4 is 14.8 Å². The van der Waals surface area contributed by atoms with E-state index in [2.05, 4.69) is 14.8 Å². The van der Waals surface area contributed by atoms with Crippen LogP contribution in [0.3, 0.4) is 0 Å². The smallest absolute Gasteiger partial charge is 0.374 e. The number of rotatable bonds is 5. The molecule has 0 aromatic heterocycles. The zero-order valence-corrected chi connectivity index (χ0v) is 16.5. The summed E-state index contributed by atoms with van der Waals surface area (Å²) in [6.07, 6.45) is 0. The summed E-state index contributed by atoms with van der Waals surface area (Å²) in [6, 6.07) is 7.72. The zero-order chi connectivity index (χ0) is 22.7. The van der Waals surface area contributed by atoms with E-state index < -0.39 is 60.3 Å². The van der Waals surface area contributed by atoms with Gasteiger partial charge in [0.1, 0.15) is 0 Å². The quantitative estimate of drug-likeness (QED) is 0.237. The van der Waals surface area contributed by atoms with Gasteiger partial charge in [0, 0.05) is 10.6 Å². The van der Waals surface area contributed by atoms with Crippen LogP contribution in [0.4, 0.5) is 42.5 Å². The Hall–Kier alpha value is -2.32. The minimum absolute atomic E-state index is 0.294. The highest BCUT2D eigenvalue weighted by molar-refractivity contribution is 8.00. The first-order chi connectivity index (χ1) is 13.7. The van der Waals surface area contributed by atoms with Crippen LogP contribution in [0.15, 0.2) is 47.4 Å². The SMILES string of the molecule is O=C(Nc1ccccc1)Nc1cc(Cl)c(OS(=O)(=O)C(F)(F)F)cc1SC(F)(F)F. The fourth-order valence-corrected chi connectivity index (χ4v) is 3.23. The number of para-hydroxylation sites is 1. The third-order valence-corrected chi connectivity index (χ3v) is 5.07. The number of urea groups is 1. The maximum atomic E-state index is 12.8. The van der Waals surface area contributed by atoms with Crippen molar-refractivity contribution < 1.29 is 43.7 Å². The van der Waals surface area contributed by atoms with E-state index in [1.807, 2.05) is 0 Å². The molecule has 0 atom stereocenters. The van der Waals surface area contributed by atoms with Crippen LogP contribution in [0.1, 0.15) is 0 Å². The van der Waals surface area contributed by atoms with Crippen molar-refractivity contribution in [2.24, 2.45) is 0 Å². The average Bonchev–Trinajstić information content (AvgIpc) is 2.57. The van der Waals surface area contributed by atoms with E-state index in [-0.39, 0.29) is 0 Å². The summed E-state index contributed by atoms with van der Waals surface area (Å²) in [4.78, 5) is 11.2. The van der Waals surface area contributed by atoms with Crippen LogP contribution in [-0.2, 0) is 10.1 Å². The molecule has 6 nitrogen and oxygen atoms in total. The Morgan fingerprint density at radius 2 is 1.60 bits per heavy atom. The van der Waals surface area contributed by atoms with E-state index in [0.717, 1.165) is 0 Å². The predicted octanol–water partition coefficient (Wildman–Crippen LogP) is 5.82. The molecule has 2 aromatic rings. The first-order valence-electron chi connectivity index (χ1n) is 7.41. The van der Waals surface area contributed by atoms with Crippen LogP contribution in [0.5, 0.6) is 5.75 Å². The monoisotopic (exact) mass is 494 g/mol. The molecule has 15 heteroatoms. The number of alkyl halides is 6. The Bertz CT molecular complexity index is 1030. The molecule has 0 unspecified atom stereocenters. The fraction of sp³-hybridized carbons (Fsp3) is 0.133. The van der Waals surface area contributed by atoms with Gasteiger partial charge in [-0.05, 0) is 36.0 Å². The molecule has 2 aromatic carbocycles. The number of anilines is 2. The molecule has 0 spiro atoms. The largest absolute Gasteiger partial charge is 0.534 e. The van der Waals surface area contributed by atoms with Gasteiger partial charge in [0.15, 0.2) is 5.75 Å². The highest BCUT2D eigenvalue weighted by Crippen LogP contribution is 2.45. The summed E-state index contributed by atoms with van der Waals surface area (Å²) in [7, 11) is -6.18. The van der Waals surface area contributed by atoms with E-state index in [9.17, 15) is 39.6 Å². The molecule has 0 fully saturated rings. The summed E-state index contributed by atoms with van der Waals surface area (Å²) in [6.45, 7) is 0. The van der Waals surface area contributed by atoms with Gasteiger partial charge in [-0.2, -0.15) is 34.8 Å². The lowest BCUT2D eigenvalue weighted by Gasteiger charge is -2.16. The summed E-state index contributed by atoms with van der Waals surface area (Å²) in [5, 5.41) is 3.59. The minimum Gasteiger partial charge on any atom is -0.374 e. The van der Waals surface area contributed by atoms with E-state index in [1.54, 1.807) is 18.2 Å². The molecule has 0 saturated carbocycles. The van der Waals surface area contributed by atoms with Crippen LogP contribution in [0.2, 0.25) is 5.02 Å². The van der Waals surface area contributed by atoms with E-state index in [1.165, 1.54) is 12.1 Å². The van der Waals surface area contributed by atoms with Crippen molar-refractivity contribution >= 4 is 50.9 Å². The molecule has 0 aliphatic carbocycles. The second-order valence-electron chi connectivity index (χ2n) is 5.25. The summed E-state index contributed by atoms with van der Waals surface area (Å²) >= 11 is 4.83. The molecular formula is C15H9ClF6N2O4S2. The second kappa shape index (κ2) is 8.81. The molecule has 30 heavy (non-hydrogen) atoms. The number of halogens is 7. The molecule has 0 radical (unpaired) electrons. The van der Waals surface area contributed by atoms with E-state index >= 15 is 0 Å². The topological polar surface area (TPSA) is 84.5 Å². The van der Waals surface area contributed by atoms with Crippen molar-refractivity contribution in [1.29, 1.82) is 0 Å². The first-order valence-corrected chi connectivity index (χ1v) is 10.0. The lowest BCUT2D eigenvalue weighted by Crippen LogP contribution is -2.28. The zero-order valence-electron chi connectivity index (χ0n) is 14.1. The fourth-order valence-electron chi connectivity index (χ4n) is 1.88. The highest BCUT2D eigenvalue weighted by Gasteiger charge is 2.49. The van der Waals surface area contributed by atoms with Gasteiger partial charge in [0.05, 0.1) is 10.7 Å². The Balaban J connectivity index is 2.37. The molecule has 2 rings (SSSR count). The maximum absolute atomic E-state index is 12.8. The van der Waals surface area contributed by atoms with Crippen molar-refractivity contribution in [3.8, 4) is 5.75 Å². The van der Waals surface area contributed by atoms with Gasteiger partial charge in [-0.25, -0.2) is 4.79 Å². The van der Waals surface area contributed by atoms with Gasteiger partial charge in [-0.15, -0.1) is 0 Å². The van der Waals surface area contributed by atoms with Gasteiger partial charge >= 0.3 is 27.2 Å². The number of carbonyl (C=O) groups is 1. The van der Waals surface area contributed by atoms with Gasteiger partial charge < -0.3 is 14.8 Å². The number of amides is 2. The van der Waals surface area contributed by atoms with Crippen LogP contribution >= 0.6 is 23.4 Å². The average molecular weight is 495 g/mol. The molecule has 0 saturated heterocycles. The molecule has 0 aliphatic heterocycles. The molecule has 0 bridgehead atoms. The van der Waals surface area contributed by atoms with Crippen LogP contribution in [0.25, 0.3) is 0 Å². The first kappa shape index (κ1) is 24.0. The van der Waals surface area contributed by atoms with Gasteiger partial charge in [-0.3, -0.25) is 0 Å². The van der Waals surface area contributed by atoms with E-state index in [0.29, 0.717) is 17.8 Å². The van der Waals surface area contributed by atoms with E-state index in [4.69, 9.17) is 11.6 Å². The second-order valence-corrected chi connectivity index (χ2v) is 8.31. The number of carbonyl (C=O) groups excluding carboxylic acids is 1. The lowest BCUT2D eigenvalue weighted by atomic mass is 10.3. The Kier molecular flexibility index (Phi) is 7.04. The van der Waals surface area contributed by atoms with Crippen molar-refractivity contribution in [3.05, 3.63) is 47.5 Å². The number of hydrogen-bond donors (Lipinski definition) is 2. The molecule has 2 amide bonds. The number of hydrogen-bond acceptors (Lipinski definition) is 5. The van der Waals surface area contributed by atoms with Crippen molar-refractivity contribution in [2.75, 3.05) is 10.6 Å². The van der Waals surface area contributed by atoms with Crippen LogP contribution in [-0.4, -0.2) is 25.5 Å². The molecule has 164 valence electrons. The van der Waals surface area contributed by atoms with Gasteiger partial charge in [-0.1, -0.05) is 29.8 Å². The van der Waals surface area contributed by atoms with Gasteiger partial charge in [0.2, 0.25) is 0 Å². The maximum Gasteiger partial charge on any atom is 0.534 e. The number of thioether (sulfide) groups is 1. The summed E-state index contributed by atoms with van der Waals surface area (Å²) in [5.74, 6) is -1.20. The Labute approximate surface area is 174 Å². The standard InChI is InChI=1S/C15H9ClF6N2O4S2/c16-9-6-10(24-13(25)23-8-4-2-1-3-5-8)12(29-14(17,18)19)7-11(9)28-30(26,27)15(20,21)22/h1-7H,(H2,23,24,25). The number of nitrogens with one attached hydrogen (secondary N) is 2. The van der Waals surface area contributed by atoms with Gasteiger partial charge in [0.25, 0.3) is 0 Å². The lowest BCUT2D eigenvalue weighted by molar-refractivity contribution is -0.0500. The summed E-state index contributed by atoms with van der Waals surface area (Å²) < 4.78 is 102. The number of benzene rings is 2. The normalized spacial score (nSPS) is 12.4. The third kappa shape index (κ3) is 6.60. The van der Waals surface area contributed by atoms with Crippen molar-refractivity contribution in [3.63, 3.8) is 0 Å². The minimum atomic E-state index is -6.18. The molecule has 0 heterocycles. The van der Waals surface area contributed by atoms with Crippen molar-refractivity contribution in [1.82, 2.24) is 0 Å². The highest BCUT2D eigenvalue weighted by atomic mass is 35.5. The van der Waals surface area contributed by atoms with Crippen LogP contribution in [0, 0.1) is 0 Å². The Morgan fingerprint density at radius 1 is 1.00 bits per heavy atom. The molecule has 0 aliphatic rings. The molecular weight excluding hydrogens is 486 g/mol. The Morgan fingerprint density at radius 3 is 2.13 bits per heavy atom. The van der Waals surface area contributed by atoms with Crippen molar-refractivity contribution in [2.45, 2.75) is 15.9 Å². The molecule has 2 N–H and O–H groups in total. The summed E-state index contributed by atoms with van der Waals surface area (Å²) in [5.41, 5.74) is -11.0.